The quantitative estimate of drug-likeness (QED) is 0.507. The molecule has 0 bridgehead atoms. The highest BCUT2D eigenvalue weighted by Crippen LogP contribution is 2.07. The van der Waals surface area contributed by atoms with Crippen molar-refractivity contribution in [3.05, 3.63) is 0 Å². The van der Waals surface area contributed by atoms with E-state index in [0.717, 1.165) is 25.9 Å². The molecule has 120 valence electrons. The molecule has 3 N–H and O–H groups in total. The number of hydrogen-bond donors (Lipinski definition) is 3. The zero-order valence-electron chi connectivity index (χ0n) is 12.1. The Morgan fingerprint density at radius 1 is 1.33 bits per heavy atom. The van der Waals surface area contributed by atoms with Gasteiger partial charge in [-0.25, -0.2) is 4.79 Å². The smallest absolute Gasteiger partial charge is 0.326 e. The monoisotopic (exact) mass is 302 g/mol. The van der Waals surface area contributed by atoms with Crippen LogP contribution in [0.5, 0.6) is 0 Å². The maximum Gasteiger partial charge on any atom is 0.326 e. The predicted octanol–water partition coefficient (Wildman–Crippen LogP) is -0.722. The van der Waals surface area contributed by atoms with Crippen LogP contribution in [0.15, 0.2) is 0 Å². The first-order chi connectivity index (χ1) is 10.0. The summed E-state index contributed by atoms with van der Waals surface area (Å²) in [6, 6.07) is -1.12. The number of nitrogens with one attached hydrogen (secondary N) is 2. The van der Waals surface area contributed by atoms with Gasteiger partial charge in [0.15, 0.2) is 0 Å². The fourth-order valence-electron chi connectivity index (χ4n) is 2.01. The van der Waals surface area contributed by atoms with Gasteiger partial charge in [0.05, 0.1) is 13.2 Å². The molecule has 1 heterocycles. The highest BCUT2D eigenvalue weighted by Gasteiger charge is 2.22. The fourth-order valence-corrected chi connectivity index (χ4v) is 2.01. The number of esters is 1. The van der Waals surface area contributed by atoms with Gasteiger partial charge in [0.1, 0.15) is 12.6 Å². The molecule has 0 aromatic heterocycles. The van der Waals surface area contributed by atoms with Crippen molar-refractivity contribution in [1.82, 2.24) is 10.6 Å². The lowest BCUT2D eigenvalue weighted by atomic mass is 10.1. The second kappa shape index (κ2) is 9.30. The molecule has 0 saturated carbocycles. The van der Waals surface area contributed by atoms with E-state index in [2.05, 4.69) is 15.4 Å². The summed E-state index contributed by atoms with van der Waals surface area (Å²) >= 11 is 0. The molecule has 0 unspecified atom stereocenters. The second-order valence-corrected chi connectivity index (χ2v) is 4.83. The van der Waals surface area contributed by atoms with Crippen molar-refractivity contribution in [1.29, 1.82) is 0 Å². The van der Waals surface area contributed by atoms with Crippen molar-refractivity contribution in [2.45, 2.75) is 37.8 Å². The summed E-state index contributed by atoms with van der Waals surface area (Å²) in [5, 5.41) is 14.5. The van der Waals surface area contributed by atoms with Crippen molar-refractivity contribution >= 4 is 17.8 Å². The van der Waals surface area contributed by atoms with Crippen LogP contribution in [-0.2, 0) is 23.9 Å². The Morgan fingerprint density at radius 3 is 2.57 bits per heavy atom. The lowest BCUT2D eigenvalue weighted by Crippen LogP contribution is -2.43. The normalized spacial score (nSPS) is 17.0. The number of methoxy groups -OCH3 is 1. The number of carbonyl (C=O) groups excluding carboxylic acids is 2. The van der Waals surface area contributed by atoms with E-state index in [4.69, 9.17) is 9.84 Å². The molecule has 1 aliphatic heterocycles. The van der Waals surface area contributed by atoms with E-state index in [1.165, 1.54) is 7.11 Å². The Balaban J connectivity index is 2.30. The molecular weight excluding hydrogens is 280 g/mol. The van der Waals surface area contributed by atoms with Gasteiger partial charge in [-0.15, -0.1) is 0 Å². The Morgan fingerprint density at radius 2 is 2.00 bits per heavy atom. The van der Waals surface area contributed by atoms with Gasteiger partial charge < -0.3 is 25.2 Å². The third kappa shape index (κ3) is 7.05. The molecule has 8 heteroatoms. The van der Waals surface area contributed by atoms with Gasteiger partial charge in [0.25, 0.3) is 0 Å². The molecule has 0 aliphatic carbocycles. The number of piperidine rings is 1. The minimum Gasteiger partial charge on any atom is -0.480 e. The molecule has 1 amide bonds. The summed E-state index contributed by atoms with van der Waals surface area (Å²) in [5.41, 5.74) is 0. The van der Waals surface area contributed by atoms with E-state index >= 15 is 0 Å². The van der Waals surface area contributed by atoms with Crippen LogP contribution in [0, 0.1) is 0 Å². The van der Waals surface area contributed by atoms with Crippen LogP contribution in [0.3, 0.4) is 0 Å². The number of aliphatic carboxylic acids is 1. The third-order valence-corrected chi connectivity index (χ3v) is 3.23. The summed E-state index contributed by atoms with van der Waals surface area (Å²) in [5.74, 6) is -2.19. The number of rotatable bonds is 8. The number of hydrogen-bond acceptors (Lipinski definition) is 6. The van der Waals surface area contributed by atoms with E-state index in [0.29, 0.717) is 0 Å². The molecule has 1 rings (SSSR count). The van der Waals surface area contributed by atoms with Crippen LogP contribution in [0.25, 0.3) is 0 Å². The molecule has 1 aliphatic rings. The summed E-state index contributed by atoms with van der Waals surface area (Å²) in [6.45, 7) is 1.53. The Kier molecular flexibility index (Phi) is 7.70. The molecule has 0 aromatic carbocycles. The summed E-state index contributed by atoms with van der Waals surface area (Å²) < 4.78 is 9.87. The lowest BCUT2D eigenvalue weighted by molar-refractivity contribution is -0.145. The average Bonchev–Trinajstić information content (AvgIpc) is 2.49. The number of ether oxygens (including phenoxy) is 2. The minimum absolute atomic E-state index is 0.0128. The fraction of sp³-hybridized carbons (Fsp3) is 0.769. The summed E-state index contributed by atoms with van der Waals surface area (Å²) in [7, 11) is 1.23. The first kappa shape index (κ1) is 17.4. The number of amides is 1. The number of carboxylic acid groups (broad SMARTS) is 1. The van der Waals surface area contributed by atoms with Crippen molar-refractivity contribution < 1.29 is 29.0 Å². The van der Waals surface area contributed by atoms with Crippen LogP contribution < -0.4 is 10.6 Å². The molecule has 21 heavy (non-hydrogen) atoms. The van der Waals surface area contributed by atoms with Crippen LogP contribution in [0.1, 0.15) is 25.7 Å². The van der Waals surface area contributed by atoms with Gasteiger partial charge in [-0.05, 0) is 32.4 Å². The Labute approximate surface area is 123 Å². The molecule has 1 fully saturated rings. The number of carboxylic acids is 1. The largest absolute Gasteiger partial charge is 0.480 e. The third-order valence-electron chi connectivity index (χ3n) is 3.23. The molecule has 8 nitrogen and oxygen atoms in total. The van der Waals surface area contributed by atoms with Crippen molar-refractivity contribution in [3.8, 4) is 0 Å². The SMILES string of the molecule is COC(=O)CC[C@H](NC(=O)COC1CCNCC1)C(=O)O. The van der Waals surface area contributed by atoms with Crippen molar-refractivity contribution in [3.63, 3.8) is 0 Å². The van der Waals surface area contributed by atoms with Gasteiger partial charge in [0, 0.05) is 6.42 Å². The lowest BCUT2D eigenvalue weighted by Gasteiger charge is -2.23. The molecule has 0 radical (unpaired) electrons. The van der Waals surface area contributed by atoms with E-state index in [9.17, 15) is 14.4 Å². The molecule has 1 atom stereocenters. The molecular formula is C13H22N2O6. The van der Waals surface area contributed by atoms with Gasteiger partial charge in [-0.2, -0.15) is 0 Å². The maximum absolute atomic E-state index is 11.7. The van der Waals surface area contributed by atoms with Crippen LogP contribution >= 0.6 is 0 Å². The van der Waals surface area contributed by atoms with Crippen LogP contribution in [0.2, 0.25) is 0 Å². The Bertz CT molecular complexity index is 368. The summed E-state index contributed by atoms with van der Waals surface area (Å²) in [6.07, 6.45) is 1.61. The predicted molar refractivity (Wildman–Crippen MR) is 72.7 cm³/mol. The van der Waals surface area contributed by atoms with Gasteiger partial charge in [-0.3, -0.25) is 9.59 Å². The first-order valence-corrected chi connectivity index (χ1v) is 6.94. The summed E-state index contributed by atoms with van der Waals surface area (Å²) in [4.78, 5) is 33.7. The first-order valence-electron chi connectivity index (χ1n) is 6.94. The topological polar surface area (TPSA) is 114 Å². The second-order valence-electron chi connectivity index (χ2n) is 4.83. The molecule has 1 saturated heterocycles. The zero-order valence-corrected chi connectivity index (χ0v) is 12.1. The number of carbonyl (C=O) groups is 3. The van der Waals surface area contributed by atoms with Crippen molar-refractivity contribution in [2.75, 3.05) is 26.8 Å². The van der Waals surface area contributed by atoms with Crippen LogP contribution in [0.4, 0.5) is 0 Å². The molecule has 0 aromatic rings. The minimum atomic E-state index is -1.19. The van der Waals surface area contributed by atoms with E-state index in [1.807, 2.05) is 0 Å². The van der Waals surface area contributed by atoms with Crippen molar-refractivity contribution in [2.24, 2.45) is 0 Å². The van der Waals surface area contributed by atoms with Gasteiger partial charge in [0.2, 0.25) is 5.91 Å². The van der Waals surface area contributed by atoms with E-state index < -0.39 is 23.9 Å². The maximum atomic E-state index is 11.7. The van der Waals surface area contributed by atoms with Crippen LogP contribution in [-0.4, -0.2) is 61.9 Å². The highest BCUT2D eigenvalue weighted by atomic mass is 16.5. The standard InChI is InChI=1S/C13H22N2O6/c1-20-12(17)3-2-10(13(18)19)15-11(16)8-21-9-4-6-14-7-5-9/h9-10,14H,2-8H2,1H3,(H,15,16)(H,18,19)/t10-/m0/s1. The zero-order chi connectivity index (χ0) is 15.7. The average molecular weight is 302 g/mol. The van der Waals surface area contributed by atoms with E-state index in [-0.39, 0.29) is 25.6 Å². The van der Waals surface area contributed by atoms with E-state index in [1.54, 1.807) is 0 Å². The van der Waals surface area contributed by atoms with Gasteiger partial charge >= 0.3 is 11.9 Å². The van der Waals surface area contributed by atoms with Gasteiger partial charge in [-0.1, -0.05) is 0 Å². The highest BCUT2D eigenvalue weighted by molar-refractivity contribution is 5.84. The Hall–Kier alpha value is -1.67. The molecule has 0 spiro atoms.